The van der Waals surface area contributed by atoms with Crippen molar-refractivity contribution in [3.63, 3.8) is 0 Å². The highest BCUT2D eigenvalue weighted by molar-refractivity contribution is 6.44. The maximum atomic E-state index is 13.4. The first-order valence-electron chi connectivity index (χ1n) is 5.71. The Morgan fingerprint density at radius 2 is 2.00 bits per heavy atom. The first-order valence-corrected chi connectivity index (χ1v) is 6.46. The molecular formula is C14H11Cl2FN2O. The second kappa shape index (κ2) is 5.69. The number of benzene rings is 2. The molecule has 2 rings (SSSR count). The largest absolute Gasteiger partial charge is 0.397 e. The van der Waals surface area contributed by atoms with Crippen LogP contribution in [0.15, 0.2) is 30.3 Å². The van der Waals surface area contributed by atoms with Crippen LogP contribution in [0.3, 0.4) is 0 Å². The minimum atomic E-state index is -0.441. The molecule has 0 aromatic heterocycles. The lowest BCUT2D eigenvalue weighted by molar-refractivity contribution is 0.102. The molecule has 0 aliphatic carbocycles. The Balaban J connectivity index is 2.31. The molecule has 0 unspecified atom stereocenters. The number of carbonyl (C=O) groups excluding carboxylic acids is 1. The highest BCUT2D eigenvalue weighted by atomic mass is 35.5. The van der Waals surface area contributed by atoms with Crippen molar-refractivity contribution in [2.24, 2.45) is 0 Å². The molecule has 6 heteroatoms. The van der Waals surface area contributed by atoms with Gasteiger partial charge in [-0.05, 0) is 31.2 Å². The Labute approximate surface area is 125 Å². The molecule has 3 N–H and O–H groups in total. The summed E-state index contributed by atoms with van der Waals surface area (Å²) >= 11 is 11.7. The smallest absolute Gasteiger partial charge is 0.255 e. The van der Waals surface area contributed by atoms with Gasteiger partial charge in [-0.1, -0.05) is 29.3 Å². The van der Waals surface area contributed by atoms with E-state index in [4.69, 9.17) is 28.9 Å². The summed E-state index contributed by atoms with van der Waals surface area (Å²) in [5, 5.41) is 2.99. The highest BCUT2D eigenvalue weighted by Gasteiger charge is 2.13. The van der Waals surface area contributed by atoms with Gasteiger partial charge in [-0.3, -0.25) is 4.79 Å². The molecule has 20 heavy (non-hydrogen) atoms. The van der Waals surface area contributed by atoms with Gasteiger partial charge in [0.2, 0.25) is 0 Å². The van der Waals surface area contributed by atoms with Gasteiger partial charge in [-0.15, -0.1) is 0 Å². The van der Waals surface area contributed by atoms with Crippen LogP contribution in [0, 0.1) is 12.7 Å². The van der Waals surface area contributed by atoms with E-state index in [0.717, 1.165) is 0 Å². The molecule has 0 radical (unpaired) electrons. The van der Waals surface area contributed by atoms with Crippen LogP contribution in [0.25, 0.3) is 0 Å². The van der Waals surface area contributed by atoms with Crippen molar-refractivity contribution in [2.75, 3.05) is 11.1 Å². The van der Waals surface area contributed by atoms with Gasteiger partial charge in [-0.2, -0.15) is 0 Å². The first kappa shape index (κ1) is 14.6. The van der Waals surface area contributed by atoms with Crippen molar-refractivity contribution in [2.45, 2.75) is 6.92 Å². The zero-order valence-corrected chi connectivity index (χ0v) is 12.0. The Morgan fingerprint density at radius 1 is 1.30 bits per heavy atom. The summed E-state index contributed by atoms with van der Waals surface area (Å²) in [4.78, 5) is 12.1. The number of hydrogen-bond donors (Lipinski definition) is 2. The molecule has 0 aliphatic rings. The SMILES string of the molecule is Cc1c(F)cccc1NC(=O)c1cc(N)c(Cl)c(Cl)c1. The second-order valence-electron chi connectivity index (χ2n) is 4.23. The van der Waals surface area contributed by atoms with Crippen LogP contribution in [0.2, 0.25) is 10.0 Å². The topological polar surface area (TPSA) is 55.1 Å². The molecule has 0 saturated heterocycles. The van der Waals surface area contributed by atoms with Crippen LogP contribution in [-0.2, 0) is 0 Å². The van der Waals surface area contributed by atoms with Gasteiger partial charge in [0.05, 0.1) is 15.7 Å². The number of nitrogens with one attached hydrogen (secondary N) is 1. The summed E-state index contributed by atoms with van der Waals surface area (Å²) in [6.07, 6.45) is 0. The van der Waals surface area contributed by atoms with Gasteiger partial charge in [-0.25, -0.2) is 4.39 Å². The Hall–Kier alpha value is -1.78. The molecule has 0 bridgehead atoms. The molecule has 3 nitrogen and oxygen atoms in total. The normalized spacial score (nSPS) is 10.4. The fraction of sp³-hybridized carbons (Fsp3) is 0.0714. The van der Waals surface area contributed by atoms with E-state index in [9.17, 15) is 9.18 Å². The van der Waals surface area contributed by atoms with E-state index in [1.165, 1.54) is 24.3 Å². The van der Waals surface area contributed by atoms with Crippen molar-refractivity contribution in [3.8, 4) is 0 Å². The van der Waals surface area contributed by atoms with Gasteiger partial charge >= 0.3 is 0 Å². The molecule has 2 aromatic rings. The van der Waals surface area contributed by atoms with Gasteiger partial charge in [0, 0.05) is 16.8 Å². The zero-order valence-electron chi connectivity index (χ0n) is 10.5. The van der Waals surface area contributed by atoms with E-state index in [2.05, 4.69) is 5.32 Å². The van der Waals surface area contributed by atoms with Crippen molar-refractivity contribution in [1.29, 1.82) is 0 Å². The van der Waals surface area contributed by atoms with Crippen LogP contribution >= 0.6 is 23.2 Å². The van der Waals surface area contributed by atoms with Crippen molar-refractivity contribution < 1.29 is 9.18 Å². The third-order valence-electron chi connectivity index (χ3n) is 2.83. The Bertz CT molecular complexity index is 666. The summed E-state index contributed by atoms with van der Waals surface area (Å²) in [6, 6.07) is 7.27. The average Bonchev–Trinajstić information content (AvgIpc) is 2.40. The molecule has 0 heterocycles. The number of carbonyl (C=O) groups is 1. The predicted molar refractivity (Wildman–Crippen MR) is 80.0 cm³/mol. The van der Waals surface area contributed by atoms with Gasteiger partial charge in [0.15, 0.2) is 0 Å². The van der Waals surface area contributed by atoms with Crippen LogP contribution in [0.5, 0.6) is 0 Å². The van der Waals surface area contributed by atoms with Crippen LogP contribution in [-0.4, -0.2) is 5.91 Å². The molecule has 0 fully saturated rings. The molecule has 1 amide bonds. The maximum absolute atomic E-state index is 13.4. The van der Waals surface area contributed by atoms with Crippen molar-refractivity contribution in [3.05, 3.63) is 57.3 Å². The number of amides is 1. The molecule has 0 atom stereocenters. The fourth-order valence-corrected chi connectivity index (χ4v) is 2.01. The Morgan fingerprint density at radius 3 is 2.65 bits per heavy atom. The van der Waals surface area contributed by atoms with Gasteiger partial charge < -0.3 is 11.1 Å². The monoisotopic (exact) mass is 312 g/mol. The van der Waals surface area contributed by atoms with Crippen molar-refractivity contribution >= 4 is 40.5 Å². The summed E-state index contributed by atoms with van der Waals surface area (Å²) in [7, 11) is 0. The van der Waals surface area contributed by atoms with Crippen molar-refractivity contribution in [1.82, 2.24) is 0 Å². The minimum Gasteiger partial charge on any atom is -0.397 e. The Kier molecular flexibility index (Phi) is 4.16. The van der Waals surface area contributed by atoms with Crippen LogP contribution in [0.1, 0.15) is 15.9 Å². The number of nitrogen functional groups attached to an aromatic ring is 1. The average molecular weight is 313 g/mol. The molecular weight excluding hydrogens is 302 g/mol. The predicted octanol–water partition coefficient (Wildman–Crippen LogP) is 4.28. The molecule has 0 aliphatic heterocycles. The zero-order chi connectivity index (χ0) is 14.9. The third kappa shape index (κ3) is 2.86. The molecule has 104 valence electrons. The lowest BCUT2D eigenvalue weighted by Gasteiger charge is -2.10. The number of halogens is 3. The fourth-order valence-electron chi connectivity index (χ4n) is 1.68. The minimum absolute atomic E-state index is 0.188. The van der Waals surface area contributed by atoms with Crippen LogP contribution < -0.4 is 11.1 Å². The number of hydrogen-bond acceptors (Lipinski definition) is 2. The molecule has 2 aromatic carbocycles. The summed E-state index contributed by atoms with van der Waals surface area (Å²) in [6.45, 7) is 1.58. The van der Waals surface area contributed by atoms with E-state index >= 15 is 0 Å². The van der Waals surface area contributed by atoms with Crippen LogP contribution in [0.4, 0.5) is 15.8 Å². The van der Waals surface area contributed by atoms with E-state index in [-0.39, 0.29) is 21.3 Å². The summed E-state index contributed by atoms with van der Waals surface area (Å²) in [5.41, 5.74) is 6.85. The number of nitrogens with two attached hydrogens (primary N) is 1. The maximum Gasteiger partial charge on any atom is 0.255 e. The quantitative estimate of drug-likeness (QED) is 0.813. The second-order valence-corrected chi connectivity index (χ2v) is 5.01. The first-order chi connectivity index (χ1) is 9.40. The van der Waals surface area contributed by atoms with E-state index < -0.39 is 11.7 Å². The number of anilines is 2. The summed E-state index contributed by atoms with van der Waals surface area (Å²) < 4.78 is 13.4. The number of rotatable bonds is 2. The molecule has 0 spiro atoms. The van der Waals surface area contributed by atoms with Gasteiger partial charge in [0.25, 0.3) is 5.91 Å². The third-order valence-corrected chi connectivity index (χ3v) is 3.65. The van der Waals surface area contributed by atoms with Gasteiger partial charge in [0.1, 0.15) is 5.82 Å². The lowest BCUT2D eigenvalue weighted by Crippen LogP contribution is -2.13. The lowest BCUT2D eigenvalue weighted by atomic mass is 10.1. The highest BCUT2D eigenvalue weighted by Crippen LogP contribution is 2.30. The standard InChI is InChI=1S/C14H11Cl2FN2O/c1-7-10(17)3-2-4-12(7)19-14(20)8-5-9(15)13(16)11(18)6-8/h2-6H,18H2,1H3,(H,19,20). The summed E-state index contributed by atoms with van der Waals surface area (Å²) in [5.74, 6) is -0.833. The van der Waals surface area contributed by atoms with E-state index in [1.54, 1.807) is 13.0 Å². The molecule has 0 saturated carbocycles. The van der Waals surface area contributed by atoms with E-state index in [0.29, 0.717) is 11.3 Å². The van der Waals surface area contributed by atoms with E-state index in [1.807, 2.05) is 0 Å².